The molecule has 0 saturated carbocycles. The van der Waals surface area contributed by atoms with Crippen molar-refractivity contribution in [2.75, 3.05) is 0 Å². The van der Waals surface area contributed by atoms with E-state index in [9.17, 15) is 9.59 Å². The van der Waals surface area contributed by atoms with Crippen LogP contribution in [0.15, 0.2) is 0 Å². The number of primary amides is 1. The van der Waals surface area contributed by atoms with Crippen LogP contribution >= 0.6 is 22.9 Å². The van der Waals surface area contributed by atoms with Gasteiger partial charge in [-0.05, 0) is 25.4 Å². The molecule has 0 spiro atoms. The lowest BCUT2D eigenvalue weighted by molar-refractivity contribution is -0.122. The van der Waals surface area contributed by atoms with Gasteiger partial charge in [0.05, 0.1) is 0 Å². The van der Waals surface area contributed by atoms with Gasteiger partial charge in [-0.3, -0.25) is 9.59 Å². The Morgan fingerprint density at radius 2 is 2.07 bits per heavy atom. The van der Waals surface area contributed by atoms with Crippen LogP contribution in [0.2, 0.25) is 4.47 Å². The van der Waals surface area contributed by atoms with E-state index >= 15 is 0 Å². The first-order chi connectivity index (χ1) is 6.83. The van der Waals surface area contributed by atoms with Gasteiger partial charge < -0.3 is 11.1 Å². The third kappa shape index (κ3) is 2.87. The molecule has 8 heteroatoms. The molecule has 0 atom stereocenters. The average Bonchev–Trinajstić information content (AvgIpc) is 2.50. The van der Waals surface area contributed by atoms with Gasteiger partial charge in [-0.2, -0.15) is 0 Å². The van der Waals surface area contributed by atoms with Gasteiger partial charge >= 0.3 is 0 Å². The van der Waals surface area contributed by atoms with E-state index in [0.29, 0.717) is 0 Å². The number of halogens is 1. The smallest absolute Gasteiger partial charge is 0.283 e. The zero-order valence-corrected chi connectivity index (χ0v) is 9.65. The van der Waals surface area contributed by atoms with Crippen molar-refractivity contribution in [3.05, 3.63) is 9.47 Å². The summed E-state index contributed by atoms with van der Waals surface area (Å²) >= 11 is 6.44. The molecule has 0 saturated heterocycles. The van der Waals surface area contributed by atoms with E-state index in [0.717, 1.165) is 11.3 Å². The van der Waals surface area contributed by atoms with Crippen LogP contribution < -0.4 is 11.1 Å². The van der Waals surface area contributed by atoms with E-state index in [-0.39, 0.29) is 9.47 Å². The summed E-state index contributed by atoms with van der Waals surface area (Å²) in [5, 5.41) is 9.51. The molecule has 0 radical (unpaired) electrons. The highest BCUT2D eigenvalue weighted by molar-refractivity contribution is 7.17. The molecular formula is C7H9ClN4O2S. The molecule has 1 heterocycles. The van der Waals surface area contributed by atoms with E-state index in [2.05, 4.69) is 15.5 Å². The van der Waals surface area contributed by atoms with Crippen LogP contribution in [-0.4, -0.2) is 27.6 Å². The Morgan fingerprint density at radius 3 is 2.47 bits per heavy atom. The monoisotopic (exact) mass is 248 g/mol. The molecule has 82 valence electrons. The molecule has 0 aromatic carbocycles. The molecule has 1 rings (SSSR count). The fourth-order valence-corrected chi connectivity index (χ4v) is 1.42. The molecule has 0 aliphatic rings. The number of nitrogens with zero attached hydrogens (tertiary/aromatic N) is 2. The molecule has 0 aliphatic carbocycles. The van der Waals surface area contributed by atoms with E-state index < -0.39 is 17.4 Å². The summed E-state index contributed by atoms with van der Waals surface area (Å²) in [5.41, 5.74) is 3.96. The predicted molar refractivity (Wildman–Crippen MR) is 55.7 cm³/mol. The minimum atomic E-state index is -1.13. The minimum Gasteiger partial charge on any atom is -0.368 e. The number of carbonyl (C=O) groups excluding carboxylic acids is 2. The second kappa shape index (κ2) is 4.11. The van der Waals surface area contributed by atoms with Gasteiger partial charge in [-0.25, -0.2) is 0 Å². The van der Waals surface area contributed by atoms with Crippen molar-refractivity contribution in [1.82, 2.24) is 15.5 Å². The number of nitrogens with one attached hydrogen (secondary N) is 1. The maximum Gasteiger partial charge on any atom is 0.283 e. The van der Waals surface area contributed by atoms with Crippen LogP contribution in [0, 0.1) is 0 Å². The van der Waals surface area contributed by atoms with Crippen LogP contribution in [0.5, 0.6) is 0 Å². The van der Waals surface area contributed by atoms with Gasteiger partial charge in [0, 0.05) is 0 Å². The van der Waals surface area contributed by atoms with E-state index in [1.807, 2.05) is 0 Å². The van der Waals surface area contributed by atoms with Crippen LogP contribution in [0.25, 0.3) is 0 Å². The Hall–Kier alpha value is -1.21. The highest BCUT2D eigenvalue weighted by Crippen LogP contribution is 2.15. The van der Waals surface area contributed by atoms with Gasteiger partial charge in [0.25, 0.3) is 5.91 Å². The van der Waals surface area contributed by atoms with Gasteiger partial charge in [0.2, 0.25) is 15.4 Å². The number of amides is 2. The summed E-state index contributed by atoms with van der Waals surface area (Å²) in [4.78, 5) is 22.5. The normalized spacial score (nSPS) is 11.1. The minimum absolute atomic E-state index is 0.0920. The molecule has 2 amide bonds. The zero-order valence-electron chi connectivity index (χ0n) is 8.07. The van der Waals surface area contributed by atoms with Crippen molar-refractivity contribution < 1.29 is 9.59 Å². The molecule has 1 aromatic heterocycles. The third-order valence-corrected chi connectivity index (χ3v) is 2.65. The zero-order chi connectivity index (χ0) is 11.6. The summed E-state index contributed by atoms with van der Waals surface area (Å²) < 4.78 is 0.164. The number of carbonyl (C=O) groups is 2. The average molecular weight is 249 g/mol. The number of aromatic nitrogens is 2. The maximum atomic E-state index is 11.5. The first-order valence-corrected chi connectivity index (χ1v) is 5.14. The van der Waals surface area contributed by atoms with Crippen LogP contribution in [0.4, 0.5) is 0 Å². The summed E-state index contributed by atoms with van der Waals surface area (Å²) in [6.07, 6.45) is 0. The third-order valence-electron chi connectivity index (χ3n) is 1.64. The van der Waals surface area contributed by atoms with Crippen LogP contribution in [0.3, 0.4) is 0 Å². The molecule has 0 bridgehead atoms. The quantitative estimate of drug-likeness (QED) is 0.798. The molecular weight excluding hydrogens is 240 g/mol. The van der Waals surface area contributed by atoms with Crippen molar-refractivity contribution >= 4 is 34.8 Å². The summed E-state index contributed by atoms with van der Waals surface area (Å²) in [6, 6.07) is 0. The Kier molecular flexibility index (Phi) is 3.25. The first kappa shape index (κ1) is 11.9. The van der Waals surface area contributed by atoms with Crippen molar-refractivity contribution in [3.8, 4) is 0 Å². The molecule has 15 heavy (non-hydrogen) atoms. The van der Waals surface area contributed by atoms with Crippen molar-refractivity contribution in [3.63, 3.8) is 0 Å². The fraction of sp³-hybridized carbons (Fsp3) is 0.429. The Bertz CT molecular complexity index is 403. The second-order valence-corrected chi connectivity index (χ2v) is 4.86. The second-order valence-electron chi connectivity index (χ2n) is 3.30. The van der Waals surface area contributed by atoms with E-state index in [1.54, 1.807) is 0 Å². The highest BCUT2D eigenvalue weighted by atomic mass is 35.5. The van der Waals surface area contributed by atoms with Crippen molar-refractivity contribution in [2.45, 2.75) is 19.4 Å². The molecule has 1 aromatic rings. The lowest BCUT2D eigenvalue weighted by Gasteiger charge is -2.21. The summed E-state index contributed by atoms with van der Waals surface area (Å²) in [7, 11) is 0. The first-order valence-electron chi connectivity index (χ1n) is 3.94. The SMILES string of the molecule is CC(C)(NC(=O)c1nnc(Cl)s1)C(N)=O. The topological polar surface area (TPSA) is 98.0 Å². The summed E-state index contributed by atoms with van der Waals surface area (Å²) in [5.74, 6) is -1.16. The number of hydrogen-bond acceptors (Lipinski definition) is 5. The Labute approximate surface area is 94.8 Å². The number of hydrogen-bond donors (Lipinski definition) is 2. The molecule has 6 nitrogen and oxygen atoms in total. The highest BCUT2D eigenvalue weighted by Gasteiger charge is 2.28. The van der Waals surface area contributed by atoms with E-state index in [4.69, 9.17) is 17.3 Å². The van der Waals surface area contributed by atoms with Crippen LogP contribution in [0.1, 0.15) is 23.6 Å². The Morgan fingerprint density at radius 1 is 1.47 bits per heavy atom. The molecule has 0 fully saturated rings. The van der Waals surface area contributed by atoms with Gasteiger partial charge in [0.15, 0.2) is 0 Å². The van der Waals surface area contributed by atoms with Gasteiger partial charge in [0.1, 0.15) is 5.54 Å². The van der Waals surface area contributed by atoms with Gasteiger partial charge in [-0.15, -0.1) is 10.2 Å². The lowest BCUT2D eigenvalue weighted by atomic mass is 10.1. The number of rotatable bonds is 3. The van der Waals surface area contributed by atoms with Crippen molar-refractivity contribution in [2.24, 2.45) is 5.73 Å². The van der Waals surface area contributed by atoms with Gasteiger partial charge in [-0.1, -0.05) is 11.3 Å². The summed E-state index contributed by atoms with van der Waals surface area (Å²) in [6.45, 7) is 2.99. The Balaban J connectivity index is 2.76. The van der Waals surface area contributed by atoms with Crippen molar-refractivity contribution in [1.29, 1.82) is 0 Å². The lowest BCUT2D eigenvalue weighted by Crippen LogP contribution is -2.53. The molecule has 3 N–H and O–H groups in total. The maximum absolute atomic E-state index is 11.5. The van der Waals surface area contributed by atoms with E-state index in [1.165, 1.54) is 13.8 Å². The van der Waals surface area contributed by atoms with Crippen LogP contribution in [-0.2, 0) is 4.79 Å². The standard InChI is InChI=1S/C7H9ClN4O2S/c1-7(2,5(9)14)10-3(13)4-11-12-6(8)15-4/h1-2H3,(H2,9,14)(H,10,13). The fourth-order valence-electron chi connectivity index (χ4n) is 0.696. The molecule has 0 unspecified atom stereocenters. The predicted octanol–water partition coefficient (Wildman–Crippen LogP) is 0.185. The number of nitrogens with two attached hydrogens (primary N) is 1. The molecule has 0 aliphatic heterocycles. The largest absolute Gasteiger partial charge is 0.368 e.